The van der Waals surface area contributed by atoms with E-state index in [0.717, 1.165) is 22.3 Å². The highest BCUT2D eigenvalue weighted by Gasteiger charge is 2.37. The summed E-state index contributed by atoms with van der Waals surface area (Å²) in [6, 6.07) is 15.2. The Kier molecular flexibility index (Phi) is 6.93. The van der Waals surface area contributed by atoms with E-state index < -0.39 is 36.2 Å². The van der Waals surface area contributed by atoms with Gasteiger partial charge in [-0.3, -0.25) is 9.59 Å². The molecule has 2 amide bonds. The van der Waals surface area contributed by atoms with Gasteiger partial charge in [-0.25, -0.2) is 4.79 Å². The molecule has 3 atom stereocenters. The van der Waals surface area contributed by atoms with E-state index >= 15 is 0 Å². The molecule has 174 valence electrons. The van der Waals surface area contributed by atoms with E-state index in [0.29, 0.717) is 19.4 Å². The molecule has 2 aromatic rings. The minimum absolute atomic E-state index is 0.0524. The van der Waals surface area contributed by atoms with Gasteiger partial charge >= 0.3 is 12.1 Å². The zero-order valence-corrected chi connectivity index (χ0v) is 18.5. The first kappa shape index (κ1) is 22.8. The molecule has 4 rings (SSSR count). The summed E-state index contributed by atoms with van der Waals surface area (Å²) in [6.45, 7) is 2.30. The molecular weight excluding hydrogens is 424 g/mol. The van der Waals surface area contributed by atoms with E-state index in [1.807, 2.05) is 36.4 Å². The minimum atomic E-state index is -0.984. The molecule has 0 unspecified atom stereocenters. The molecule has 0 radical (unpaired) electrons. The first-order chi connectivity index (χ1) is 16.0. The van der Waals surface area contributed by atoms with Crippen molar-refractivity contribution in [2.24, 2.45) is 0 Å². The van der Waals surface area contributed by atoms with Crippen LogP contribution in [0, 0.1) is 0 Å². The van der Waals surface area contributed by atoms with Crippen LogP contribution in [0.1, 0.15) is 43.2 Å². The third-order valence-electron chi connectivity index (χ3n) is 6.26. The number of carbonyl (C=O) groups is 3. The van der Waals surface area contributed by atoms with E-state index in [4.69, 9.17) is 14.6 Å². The molecule has 2 aliphatic rings. The van der Waals surface area contributed by atoms with Crippen LogP contribution in [0.25, 0.3) is 11.1 Å². The molecule has 0 bridgehead atoms. The molecule has 1 aliphatic heterocycles. The van der Waals surface area contributed by atoms with Crippen LogP contribution in [-0.2, 0) is 19.1 Å². The molecule has 8 nitrogen and oxygen atoms in total. The number of carboxylic acid groups (broad SMARTS) is 1. The van der Waals surface area contributed by atoms with Crippen LogP contribution in [0.5, 0.6) is 0 Å². The van der Waals surface area contributed by atoms with Crippen LogP contribution in [0.15, 0.2) is 48.5 Å². The Morgan fingerprint density at radius 3 is 2.33 bits per heavy atom. The van der Waals surface area contributed by atoms with Crippen molar-refractivity contribution in [3.8, 4) is 11.1 Å². The van der Waals surface area contributed by atoms with Gasteiger partial charge in [-0.15, -0.1) is 0 Å². The Balaban J connectivity index is 1.35. The summed E-state index contributed by atoms with van der Waals surface area (Å²) in [5.41, 5.74) is 4.54. The second-order valence-corrected chi connectivity index (χ2v) is 8.37. The molecule has 8 heteroatoms. The van der Waals surface area contributed by atoms with Gasteiger partial charge in [-0.05, 0) is 35.1 Å². The number of aliphatic carboxylic acids is 1. The molecule has 1 aliphatic carbocycles. The van der Waals surface area contributed by atoms with E-state index in [1.54, 1.807) is 6.92 Å². The number of carbonyl (C=O) groups excluding carboxylic acids is 2. The van der Waals surface area contributed by atoms with Crippen LogP contribution in [-0.4, -0.2) is 54.5 Å². The average Bonchev–Trinajstić information content (AvgIpc) is 3.39. The van der Waals surface area contributed by atoms with E-state index in [2.05, 4.69) is 22.8 Å². The maximum absolute atomic E-state index is 12.6. The molecule has 2 aromatic carbocycles. The Labute approximate surface area is 192 Å². The summed E-state index contributed by atoms with van der Waals surface area (Å²) in [4.78, 5) is 36.1. The summed E-state index contributed by atoms with van der Waals surface area (Å²) in [5, 5.41) is 14.4. The SMILES string of the molecule is CC[C@@H](CC(=O)O)NC(=O)[C@H]1OCC[C@H]1NC(=O)OCC1c2ccccc2-c2ccccc21. The first-order valence-electron chi connectivity index (χ1n) is 11.2. The maximum Gasteiger partial charge on any atom is 0.407 e. The van der Waals surface area contributed by atoms with Gasteiger partial charge in [0.15, 0.2) is 6.10 Å². The van der Waals surface area contributed by atoms with Crippen molar-refractivity contribution in [2.45, 2.75) is 50.3 Å². The normalized spacial score (nSPS) is 19.9. The number of hydrogen-bond acceptors (Lipinski definition) is 5. The van der Waals surface area contributed by atoms with Gasteiger partial charge in [0.2, 0.25) is 0 Å². The molecule has 1 heterocycles. The van der Waals surface area contributed by atoms with Crippen LogP contribution in [0.3, 0.4) is 0 Å². The second kappa shape index (κ2) is 10.0. The minimum Gasteiger partial charge on any atom is -0.481 e. The number of benzene rings is 2. The standard InChI is InChI=1S/C25H28N2O6/c1-2-15(13-22(28)29)26-24(30)23-21(11-12-32-23)27-25(31)33-14-20-18-9-5-3-7-16(18)17-8-4-6-10-19(17)20/h3-10,15,20-21,23H,2,11-14H2,1H3,(H,26,30)(H,27,31)(H,28,29)/t15-,21+,23-/m0/s1. The molecule has 1 fully saturated rings. The van der Waals surface area contributed by atoms with Gasteiger partial charge < -0.3 is 25.2 Å². The summed E-state index contributed by atoms with van der Waals surface area (Å²) in [5.74, 6) is -1.46. The summed E-state index contributed by atoms with van der Waals surface area (Å²) in [6.07, 6.45) is -0.705. The van der Waals surface area contributed by atoms with Crippen LogP contribution in [0.2, 0.25) is 0 Å². The van der Waals surface area contributed by atoms with Crippen LogP contribution in [0.4, 0.5) is 4.79 Å². The average molecular weight is 453 g/mol. The lowest BCUT2D eigenvalue weighted by Crippen LogP contribution is -2.50. The van der Waals surface area contributed by atoms with Crippen molar-refractivity contribution in [2.75, 3.05) is 13.2 Å². The van der Waals surface area contributed by atoms with E-state index in [1.165, 1.54) is 0 Å². The maximum atomic E-state index is 12.6. The molecule has 0 spiro atoms. The lowest BCUT2D eigenvalue weighted by molar-refractivity contribution is -0.138. The van der Waals surface area contributed by atoms with Gasteiger partial charge in [0.25, 0.3) is 5.91 Å². The molecule has 33 heavy (non-hydrogen) atoms. The molecule has 0 saturated carbocycles. The van der Waals surface area contributed by atoms with Gasteiger partial charge in [0.05, 0.1) is 12.5 Å². The molecular formula is C25H28N2O6. The van der Waals surface area contributed by atoms with Crippen molar-refractivity contribution in [3.05, 3.63) is 59.7 Å². The van der Waals surface area contributed by atoms with Crippen molar-refractivity contribution in [3.63, 3.8) is 0 Å². The number of fused-ring (bicyclic) bond motifs is 3. The van der Waals surface area contributed by atoms with Crippen LogP contribution < -0.4 is 10.6 Å². The predicted molar refractivity (Wildman–Crippen MR) is 121 cm³/mol. The number of alkyl carbamates (subject to hydrolysis) is 1. The fraction of sp³-hybridized carbons (Fsp3) is 0.400. The quantitative estimate of drug-likeness (QED) is 0.567. The highest BCUT2D eigenvalue weighted by atomic mass is 16.6. The van der Waals surface area contributed by atoms with Gasteiger partial charge in [0.1, 0.15) is 6.61 Å². The number of hydrogen-bond donors (Lipinski definition) is 3. The summed E-state index contributed by atoms with van der Waals surface area (Å²) < 4.78 is 11.1. The Bertz CT molecular complexity index is 994. The topological polar surface area (TPSA) is 114 Å². The highest BCUT2D eigenvalue weighted by Crippen LogP contribution is 2.44. The fourth-order valence-electron chi connectivity index (χ4n) is 4.58. The highest BCUT2D eigenvalue weighted by molar-refractivity contribution is 5.84. The largest absolute Gasteiger partial charge is 0.481 e. The lowest BCUT2D eigenvalue weighted by Gasteiger charge is -2.22. The Morgan fingerprint density at radius 1 is 1.09 bits per heavy atom. The molecule has 0 aromatic heterocycles. The predicted octanol–water partition coefficient (Wildman–Crippen LogP) is 3.05. The summed E-state index contributed by atoms with van der Waals surface area (Å²) in [7, 11) is 0. The summed E-state index contributed by atoms with van der Waals surface area (Å²) >= 11 is 0. The Morgan fingerprint density at radius 2 is 1.73 bits per heavy atom. The smallest absolute Gasteiger partial charge is 0.407 e. The zero-order chi connectivity index (χ0) is 23.4. The van der Waals surface area contributed by atoms with Crippen molar-refractivity contribution >= 4 is 18.0 Å². The molecule has 3 N–H and O–H groups in total. The first-order valence-corrected chi connectivity index (χ1v) is 11.2. The van der Waals surface area contributed by atoms with Gasteiger partial charge in [-0.2, -0.15) is 0 Å². The van der Waals surface area contributed by atoms with Crippen molar-refractivity contribution < 1.29 is 29.0 Å². The number of ether oxygens (including phenoxy) is 2. The second-order valence-electron chi connectivity index (χ2n) is 8.37. The van der Waals surface area contributed by atoms with Gasteiger partial charge in [-0.1, -0.05) is 55.5 Å². The third-order valence-corrected chi connectivity index (χ3v) is 6.26. The number of rotatable bonds is 8. The van der Waals surface area contributed by atoms with Crippen molar-refractivity contribution in [1.82, 2.24) is 10.6 Å². The van der Waals surface area contributed by atoms with Crippen molar-refractivity contribution in [1.29, 1.82) is 0 Å². The third kappa shape index (κ3) is 5.01. The fourth-order valence-corrected chi connectivity index (χ4v) is 4.58. The zero-order valence-electron chi connectivity index (χ0n) is 18.5. The molecule has 1 saturated heterocycles. The van der Waals surface area contributed by atoms with E-state index in [-0.39, 0.29) is 18.9 Å². The monoisotopic (exact) mass is 452 g/mol. The van der Waals surface area contributed by atoms with E-state index in [9.17, 15) is 14.4 Å². The van der Waals surface area contributed by atoms with Crippen LogP contribution >= 0.6 is 0 Å². The lowest BCUT2D eigenvalue weighted by atomic mass is 9.98. The van der Waals surface area contributed by atoms with Gasteiger partial charge in [0, 0.05) is 18.6 Å². The number of nitrogens with one attached hydrogen (secondary N) is 2. The Hall–Kier alpha value is -3.39. The number of carboxylic acids is 1. The number of amides is 2.